The van der Waals surface area contributed by atoms with Gasteiger partial charge in [0.25, 0.3) is 5.56 Å². The first kappa shape index (κ1) is 20.7. The number of hydrogen-bond donors (Lipinski definition) is 1. The molecule has 0 saturated heterocycles. The van der Waals surface area contributed by atoms with E-state index in [4.69, 9.17) is 23.2 Å². The molecule has 32 heavy (non-hydrogen) atoms. The molecule has 0 bridgehead atoms. The smallest absolute Gasteiger partial charge is 0.263 e. The van der Waals surface area contributed by atoms with Crippen LogP contribution in [0.3, 0.4) is 0 Å². The van der Waals surface area contributed by atoms with Crippen molar-refractivity contribution in [3.8, 4) is 11.1 Å². The molecule has 5 aromatic rings. The van der Waals surface area contributed by atoms with Gasteiger partial charge in [-0.1, -0.05) is 59.6 Å². The van der Waals surface area contributed by atoms with Crippen molar-refractivity contribution in [2.24, 2.45) is 0 Å². The van der Waals surface area contributed by atoms with E-state index < -0.39 is 0 Å². The van der Waals surface area contributed by atoms with Crippen LogP contribution in [-0.2, 0) is 11.3 Å². The number of aromatic nitrogens is 2. The summed E-state index contributed by atoms with van der Waals surface area (Å²) in [6.45, 7) is -0.187. The maximum atomic E-state index is 13.3. The first-order chi connectivity index (χ1) is 15.5. The maximum absolute atomic E-state index is 13.3. The highest BCUT2D eigenvalue weighted by atomic mass is 35.5. The lowest BCUT2D eigenvalue weighted by Crippen LogP contribution is -2.27. The van der Waals surface area contributed by atoms with Gasteiger partial charge in [-0.05, 0) is 40.6 Å². The number of carbonyl (C=O) groups is 1. The quantitative estimate of drug-likeness (QED) is 0.332. The Morgan fingerprint density at radius 2 is 1.84 bits per heavy atom. The van der Waals surface area contributed by atoms with Crippen LogP contribution in [0.4, 0.5) is 5.69 Å². The number of benzene rings is 3. The number of fused-ring (bicyclic) bond motifs is 2. The number of nitrogens with zero attached hydrogens (tertiary/aromatic N) is 2. The molecule has 0 fully saturated rings. The standard InChI is InChI=1S/C24H15Cl2N3O2S/c25-17-7-8-20(19(26)10-17)28-21(30)11-29-13-27-23-22(24(29)31)18(12-32-23)16-6-5-14-3-1-2-4-15(14)9-16/h1-10,12-13H,11H2,(H,28,30). The lowest BCUT2D eigenvalue weighted by atomic mass is 10.0. The SMILES string of the molecule is O=C(Cn1cnc2scc(-c3ccc4ccccc4c3)c2c1=O)Nc1ccc(Cl)cc1Cl. The highest BCUT2D eigenvalue weighted by Gasteiger charge is 2.15. The molecule has 0 aliphatic heterocycles. The summed E-state index contributed by atoms with van der Waals surface area (Å²) in [6.07, 6.45) is 1.40. The van der Waals surface area contributed by atoms with Crippen molar-refractivity contribution in [3.05, 3.63) is 92.8 Å². The zero-order chi connectivity index (χ0) is 22.2. The van der Waals surface area contributed by atoms with Gasteiger partial charge < -0.3 is 5.32 Å². The summed E-state index contributed by atoms with van der Waals surface area (Å²) in [5, 5.41) is 8.15. The van der Waals surface area contributed by atoms with Gasteiger partial charge in [0.2, 0.25) is 5.91 Å². The summed E-state index contributed by atoms with van der Waals surface area (Å²) >= 11 is 13.4. The second-order valence-electron chi connectivity index (χ2n) is 7.24. The molecule has 0 saturated carbocycles. The summed E-state index contributed by atoms with van der Waals surface area (Å²) in [5.41, 5.74) is 1.90. The number of thiophene rings is 1. The minimum Gasteiger partial charge on any atom is -0.323 e. The molecule has 1 amide bonds. The van der Waals surface area contributed by atoms with E-state index in [1.807, 2.05) is 41.8 Å². The Balaban J connectivity index is 1.49. The molecule has 0 radical (unpaired) electrons. The van der Waals surface area contributed by atoms with Crippen molar-refractivity contribution < 1.29 is 4.79 Å². The monoisotopic (exact) mass is 479 g/mol. The van der Waals surface area contributed by atoms with E-state index in [2.05, 4.69) is 16.4 Å². The number of amides is 1. The molecule has 5 rings (SSSR count). The van der Waals surface area contributed by atoms with Crippen molar-refractivity contribution in [2.75, 3.05) is 5.32 Å². The maximum Gasteiger partial charge on any atom is 0.263 e. The first-order valence-corrected chi connectivity index (χ1v) is 11.3. The Bertz CT molecular complexity index is 1560. The van der Waals surface area contributed by atoms with Crippen molar-refractivity contribution in [2.45, 2.75) is 6.54 Å². The zero-order valence-electron chi connectivity index (χ0n) is 16.5. The van der Waals surface area contributed by atoms with Gasteiger partial charge >= 0.3 is 0 Å². The van der Waals surface area contributed by atoms with Gasteiger partial charge in [-0.15, -0.1) is 11.3 Å². The molecule has 0 aliphatic carbocycles. The van der Waals surface area contributed by atoms with Crippen LogP contribution in [0.15, 0.2) is 77.2 Å². The van der Waals surface area contributed by atoms with Gasteiger partial charge in [0, 0.05) is 16.0 Å². The van der Waals surface area contributed by atoms with Crippen molar-refractivity contribution in [1.82, 2.24) is 9.55 Å². The number of nitrogens with one attached hydrogen (secondary N) is 1. The fourth-order valence-electron chi connectivity index (χ4n) is 3.58. The third-order valence-electron chi connectivity index (χ3n) is 5.14. The average molecular weight is 480 g/mol. The van der Waals surface area contributed by atoms with Gasteiger partial charge in [-0.2, -0.15) is 0 Å². The van der Waals surface area contributed by atoms with Crippen LogP contribution in [0.25, 0.3) is 32.1 Å². The van der Waals surface area contributed by atoms with Gasteiger partial charge in [-0.3, -0.25) is 14.2 Å². The molecule has 8 heteroatoms. The van der Waals surface area contributed by atoms with Crippen LogP contribution >= 0.6 is 34.5 Å². The molecule has 0 aliphatic rings. The molecule has 5 nitrogen and oxygen atoms in total. The van der Waals surface area contributed by atoms with Crippen molar-refractivity contribution >= 4 is 67.1 Å². The van der Waals surface area contributed by atoms with E-state index in [-0.39, 0.29) is 18.0 Å². The van der Waals surface area contributed by atoms with E-state index in [9.17, 15) is 9.59 Å². The predicted octanol–water partition coefficient (Wildman–Crippen LogP) is 6.22. The fourth-order valence-corrected chi connectivity index (χ4v) is 4.95. The van der Waals surface area contributed by atoms with Crippen LogP contribution in [0.5, 0.6) is 0 Å². The van der Waals surface area contributed by atoms with Crippen LogP contribution in [0, 0.1) is 0 Å². The van der Waals surface area contributed by atoms with E-state index in [0.717, 1.165) is 21.9 Å². The lowest BCUT2D eigenvalue weighted by molar-refractivity contribution is -0.116. The molecule has 1 N–H and O–H groups in total. The van der Waals surface area contributed by atoms with Crippen LogP contribution < -0.4 is 10.9 Å². The predicted molar refractivity (Wildman–Crippen MR) is 132 cm³/mol. The summed E-state index contributed by atoms with van der Waals surface area (Å²) in [7, 11) is 0. The molecular weight excluding hydrogens is 465 g/mol. The minimum absolute atomic E-state index is 0.187. The topological polar surface area (TPSA) is 64.0 Å². The number of hydrogen-bond acceptors (Lipinski definition) is 4. The summed E-state index contributed by atoms with van der Waals surface area (Å²) in [6, 6.07) is 18.9. The average Bonchev–Trinajstić information content (AvgIpc) is 3.22. The number of carbonyl (C=O) groups excluding carboxylic acids is 1. The van der Waals surface area contributed by atoms with Crippen LogP contribution in [-0.4, -0.2) is 15.5 Å². The summed E-state index contributed by atoms with van der Waals surface area (Å²) in [4.78, 5) is 30.8. The fraction of sp³-hybridized carbons (Fsp3) is 0.0417. The molecule has 3 aromatic carbocycles. The minimum atomic E-state index is -0.389. The molecule has 0 unspecified atom stereocenters. The normalized spacial score (nSPS) is 11.2. The molecule has 2 heterocycles. The largest absolute Gasteiger partial charge is 0.323 e. The number of anilines is 1. The number of halogens is 2. The lowest BCUT2D eigenvalue weighted by Gasteiger charge is -2.09. The van der Waals surface area contributed by atoms with E-state index in [0.29, 0.717) is 25.9 Å². The Labute approximate surface area is 196 Å². The molecule has 2 aromatic heterocycles. The van der Waals surface area contributed by atoms with Gasteiger partial charge in [0.15, 0.2) is 0 Å². The molecular formula is C24H15Cl2N3O2S. The Morgan fingerprint density at radius 1 is 1.03 bits per heavy atom. The summed E-state index contributed by atoms with van der Waals surface area (Å²) < 4.78 is 1.30. The third-order valence-corrected chi connectivity index (χ3v) is 6.57. The van der Waals surface area contributed by atoms with Gasteiger partial charge in [0.1, 0.15) is 11.4 Å². The van der Waals surface area contributed by atoms with Crippen LogP contribution in [0.1, 0.15) is 0 Å². The van der Waals surface area contributed by atoms with Gasteiger partial charge in [-0.25, -0.2) is 4.98 Å². The Morgan fingerprint density at radius 3 is 2.66 bits per heavy atom. The number of rotatable bonds is 4. The first-order valence-electron chi connectivity index (χ1n) is 9.70. The second-order valence-corrected chi connectivity index (χ2v) is 8.94. The third kappa shape index (κ3) is 3.88. The van der Waals surface area contributed by atoms with Gasteiger partial charge in [0.05, 0.1) is 22.4 Å². The van der Waals surface area contributed by atoms with E-state index >= 15 is 0 Å². The zero-order valence-corrected chi connectivity index (χ0v) is 18.8. The van der Waals surface area contributed by atoms with E-state index in [1.165, 1.54) is 22.2 Å². The Kier molecular flexibility index (Phi) is 5.43. The Hall–Kier alpha value is -3.19. The highest BCUT2D eigenvalue weighted by molar-refractivity contribution is 7.17. The summed E-state index contributed by atoms with van der Waals surface area (Å²) in [5.74, 6) is -0.389. The van der Waals surface area contributed by atoms with E-state index in [1.54, 1.807) is 18.2 Å². The van der Waals surface area contributed by atoms with Crippen molar-refractivity contribution in [1.29, 1.82) is 0 Å². The second kappa shape index (κ2) is 8.39. The molecule has 0 atom stereocenters. The molecule has 158 valence electrons. The van der Waals surface area contributed by atoms with Crippen molar-refractivity contribution in [3.63, 3.8) is 0 Å². The highest BCUT2D eigenvalue weighted by Crippen LogP contribution is 2.32. The molecule has 0 spiro atoms. The van der Waals surface area contributed by atoms with Crippen LogP contribution in [0.2, 0.25) is 10.0 Å².